The molecule has 0 bridgehead atoms. The lowest BCUT2D eigenvalue weighted by Gasteiger charge is -2.14. The first-order chi connectivity index (χ1) is 13.5. The van der Waals surface area contributed by atoms with Crippen molar-refractivity contribution >= 4 is 16.7 Å². The van der Waals surface area contributed by atoms with Gasteiger partial charge in [0.15, 0.2) is 0 Å². The van der Waals surface area contributed by atoms with Gasteiger partial charge in [0.2, 0.25) is 0 Å². The van der Waals surface area contributed by atoms with Crippen molar-refractivity contribution in [1.29, 1.82) is 0 Å². The van der Waals surface area contributed by atoms with E-state index in [2.05, 4.69) is 104 Å². The molecule has 0 N–H and O–H groups in total. The highest BCUT2D eigenvalue weighted by Crippen LogP contribution is 2.23. The van der Waals surface area contributed by atoms with Crippen LogP contribution in [-0.4, -0.2) is 23.6 Å². The zero-order valence-corrected chi connectivity index (χ0v) is 17.1. The van der Waals surface area contributed by atoms with Gasteiger partial charge in [0, 0.05) is 32.7 Å². The van der Waals surface area contributed by atoms with Crippen molar-refractivity contribution in [2.75, 3.05) is 19.0 Å². The van der Waals surface area contributed by atoms with Crippen LogP contribution in [-0.2, 0) is 13.0 Å². The van der Waals surface area contributed by atoms with Crippen LogP contribution in [0.25, 0.3) is 11.0 Å². The third-order valence-corrected chi connectivity index (χ3v) is 5.38. The van der Waals surface area contributed by atoms with Crippen LogP contribution in [0.3, 0.4) is 0 Å². The Balaban J connectivity index is 1.73. The summed E-state index contributed by atoms with van der Waals surface area (Å²) in [7, 11) is 4.14. The molecular weight excluding hydrogens is 342 g/mol. The first-order valence-electron chi connectivity index (χ1n) is 9.78. The Hall–Kier alpha value is -3.07. The standard InChI is InChI=1S/C25H27N3/c1-18-9-10-19(2)21(15-18)17-28-24-8-6-5-7-23(24)26-25(28)16-20-11-13-22(14-12-20)27(3)4/h5-15H,16-17H2,1-4H3. The highest BCUT2D eigenvalue weighted by atomic mass is 15.1. The summed E-state index contributed by atoms with van der Waals surface area (Å²) < 4.78 is 2.37. The molecule has 142 valence electrons. The predicted molar refractivity (Wildman–Crippen MR) is 118 cm³/mol. The van der Waals surface area contributed by atoms with E-state index in [1.807, 2.05) is 0 Å². The molecule has 0 unspecified atom stereocenters. The molecule has 4 rings (SSSR count). The van der Waals surface area contributed by atoms with E-state index in [1.165, 1.54) is 33.5 Å². The van der Waals surface area contributed by atoms with E-state index in [4.69, 9.17) is 4.98 Å². The van der Waals surface area contributed by atoms with Crippen LogP contribution < -0.4 is 4.90 Å². The molecule has 0 spiro atoms. The van der Waals surface area contributed by atoms with Crippen molar-refractivity contribution in [2.24, 2.45) is 0 Å². The summed E-state index contributed by atoms with van der Waals surface area (Å²) >= 11 is 0. The second-order valence-electron chi connectivity index (χ2n) is 7.77. The maximum absolute atomic E-state index is 4.97. The highest BCUT2D eigenvalue weighted by Gasteiger charge is 2.13. The van der Waals surface area contributed by atoms with E-state index in [0.717, 1.165) is 24.3 Å². The summed E-state index contributed by atoms with van der Waals surface area (Å²) in [6, 6.07) is 23.9. The molecule has 28 heavy (non-hydrogen) atoms. The number of hydrogen-bond donors (Lipinski definition) is 0. The normalized spacial score (nSPS) is 11.1. The lowest BCUT2D eigenvalue weighted by molar-refractivity contribution is 0.758. The average Bonchev–Trinajstić information content (AvgIpc) is 3.02. The third kappa shape index (κ3) is 3.65. The van der Waals surface area contributed by atoms with Crippen LogP contribution in [0.4, 0.5) is 5.69 Å². The largest absolute Gasteiger partial charge is 0.378 e. The lowest BCUT2D eigenvalue weighted by Crippen LogP contribution is -2.09. The molecule has 4 aromatic rings. The van der Waals surface area contributed by atoms with Crippen LogP contribution in [0.5, 0.6) is 0 Å². The summed E-state index contributed by atoms with van der Waals surface area (Å²) in [5.41, 5.74) is 8.73. The molecule has 3 nitrogen and oxygen atoms in total. The molecule has 0 saturated heterocycles. The number of aryl methyl sites for hydroxylation is 2. The van der Waals surface area contributed by atoms with E-state index >= 15 is 0 Å². The molecule has 0 radical (unpaired) electrons. The zero-order valence-electron chi connectivity index (χ0n) is 17.1. The van der Waals surface area contributed by atoms with Crippen molar-refractivity contribution in [1.82, 2.24) is 9.55 Å². The fourth-order valence-corrected chi connectivity index (χ4v) is 3.67. The number of benzene rings is 3. The average molecular weight is 370 g/mol. The van der Waals surface area contributed by atoms with Gasteiger partial charge >= 0.3 is 0 Å². The molecule has 0 aliphatic heterocycles. The molecule has 0 atom stereocenters. The van der Waals surface area contributed by atoms with Crippen molar-refractivity contribution < 1.29 is 0 Å². The summed E-state index contributed by atoms with van der Waals surface area (Å²) in [6.07, 6.45) is 0.827. The first kappa shape index (κ1) is 18.3. The minimum Gasteiger partial charge on any atom is -0.378 e. The van der Waals surface area contributed by atoms with Crippen LogP contribution in [0.2, 0.25) is 0 Å². The maximum atomic E-state index is 4.97. The Kier molecular flexibility index (Phi) is 4.91. The van der Waals surface area contributed by atoms with Crippen molar-refractivity contribution in [2.45, 2.75) is 26.8 Å². The van der Waals surface area contributed by atoms with Crippen molar-refractivity contribution in [3.8, 4) is 0 Å². The van der Waals surface area contributed by atoms with E-state index < -0.39 is 0 Å². The quantitative estimate of drug-likeness (QED) is 0.472. The zero-order chi connectivity index (χ0) is 19.7. The molecule has 3 heteroatoms. The van der Waals surface area contributed by atoms with Crippen molar-refractivity contribution in [3.05, 3.63) is 94.8 Å². The Morgan fingerprint density at radius 2 is 1.64 bits per heavy atom. The number of hydrogen-bond acceptors (Lipinski definition) is 2. The van der Waals surface area contributed by atoms with E-state index in [-0.39, 0.29) is 0 Å². The van der Waals surface area contributed by atoms with Gasteiger partial charge in [0.25, 0.3) is 0 Å². The SMILES string of the molecule is Cc1ccc(C)c(Cn2c(Cc3ccc(N(C)C)cc3)nc3ccccc32)c1. The Morgan fingerprint density at radius 1 is 0.893 bits per heavy atom. The van der Waals surface area contributed by atoms with Gasteiger partial charge in [-0.25, -0.2) is 4.98 Å². The molecule has 1 aromatic heterocycles. The molecular formula is C25H27N3. The topological polar surface area (TPSA) is 21.1 Å². The number of rotatable bonds is 5. The molecule has 0 saturated carbocycles. The summed E-state index contributed by atoms with van der Waals surface area (Å²) in [4.78, 5) is 7.09. The number of para-hydroxylation sites is 2. The lowest BCUT2D eigenvalue weighted by atomic mass is 10.1. The predicted octanol–water partition coefficient (Wildman–Crippen LogP) is 5.36. The number of nitrogens with zero attached hydrogens (tertiary/aromatic N) is 3. The third-order valence-electron chi connectivity index (χ3n) is 5.38. The van der Waals surface area contributed by atoms with Gasteiger partial charge in [-0.3, -0.25) is 0 Å². The molecule has 0 amide bonds. The molecule has 1 heterocycles. The molecule has 3 aromatic carbocycles. The Bertz CT molecular complexity index is 1100. The van der Waals surface area contributed by atoms with Crippen LogP contribution >= 0.6 is 0 Å². The first-order valence-corrected chi connectivity index (χ1v) is 9.78. The van der Waals surface area contributed by atoms with Crippen LogP contribution in [0, 0.1) is 13.8 Å². The Labute approximate surface area is 167 Å². The van der Waals surface area contributed by atoms with Gasteiger partial charge in [-0.15, -0.1) is 0 Å². The number of aromatic nitrogens is 2. The second kappa shape index (κ2) is 7.51. The minimum absolute atomic E-state index is 0.827. The van der Waals surface area contributed by atoms with Gasteiger partial charge in [-0.1, -0.05) is 48.0 Å². The van der Waals surface area contributed by atoms with E-state index in [0.29, 0.717) is 0 Å². The molecule has 0 aliphatic carbocycles. The van der Waals surface area contributed by atoms with Crippen LogP contribution in [0.1, 0.15) is 28.1 Å². The van der Waals surface area contributed by atoms with Gasteiger partial charge in [0.1, 0.15) is 5.82 Å². The van der Waals surface area contributed by atoms with Gasteiger partial charge in [-0.2, -0.15) is 0 Å². The van der Waals surface area contributed by atoms with E-state index in [9.17, 15) is 0 Å². The van der Waals surface area contributed by atoms with Gasteiger partial charge < -0.3 is 9.47 Å². The Morgan fingerprint density at radius 3 is 2.39 bits per heavy atom. The van der Waals surface area contributed by atoms with Gasteiger partial charge in [-0.05, 0) is 54.8 Å². The van der Waals surface area contributed by atoms with Crippen LogP contribution in [0.15, 0.2) is 66.7 Å². The number of imidazole rings is 1. The smallest absolute Gasteiger partial charge is 0.114 e. The van der Waals surface area contributed by atoms with Crippen molar-refractivity contribution in [3.63, 3.8) is 0 Å². The second-order valence-corrected chi connectivity index (χ2v) is 7.77. The fourth-order valence-electron chi connectivity index (χ4n) is 3.67. The molecule has 0 fully saturated rings. The summed E-state index contributed by atoms with van der Waals surface area (Å²) in [5, 5.41) is 0. The highest BCUT2D eigenvalue weighted by molar-refractivity contribution is 5.76. The summed E-state index contributed by atoms with van der Waals surface area (Å²) in [6.45, 7) is 5.19. The number of fused-ring (bicyclic) bond motifs is 1. The minimum atomic E-state index is 0.827. The van der Waals surface area contributed by atoms with Gasteiger partial charge in [0.05, 0.1) is 11.0 Å². The maximum Gasteiger partial charge on any atom is 0.114 e. The summed E-state index contributed by atoms with van der Waals surface area (Å²) in [5.74, 6) is 1.11. The van der Waals surface area contributed by atoms with E-state index in [1.54, 1.807) is 0 Å². The number of anilines is 1. The molecule has 0 aliphatic rings. The fraction of sp³-hybridized carbons (Fsp3) is 0.240. The monoisotopic (exact) mass is 369 g/mol.